The predicted octanol–water partition coefficient (Wildman–Crippen LogP) is 0.558. The second-order valence-electron chi connectivity index (χ2n) is 8.02. The number of halogens is 1. The van der Waals surface area contributed by atoms with E-state index in [1.807, 2.05) is 0 Å². The minimum Gasteiger partial charge on any atom is -0.506 e. The molecular weight excluding hydrogens is 512 g/mol. The fraction of sp³-hybridized carbons (Fsp3) is 0.261. The topological polar surface area (TPSA) is 212 Å². The molecule has 1 heterocycles. The smallest absolute Gasteiger partial charge is 0.331 e. The number of benzene rings is 2. The molecule has 1 unspecified atom stereocenters. The number of nitrogens with one attached hydrogen (secondary N) is 1. The number of phenolic OH excluding ortho intramolecular Hbond substituents is 1. The van der Waals surface area contributed by atoms with Gasteiger partial charge in [-0.05, 0) is 42.0 Å². The largest absolute Gasteiger partial charge is 0.506 e. The molecular formula is C23H23ClN4O9. The average Bonchev–Trinajstić information content (AvgIpc) is 2.86. The number of carboxylic acids is 2. The zero-order chi connectivity index (χ0) is 27.3. The number of oxime groups is 1. The van der Waals surface area contributed by atoms with Crippen molar-refractivity contribution in [1.82, 2.24) is 10.2 Å². The highest BCUT2D eigenvalue weighted by molar-refractivity contribution is 6.45. The maximum absolute atomic E-state index is 12.7. The molecule has 37 heavy (non-hydrogen) atoms. The van der Waals surface area contributed by atoms with Crippen molar-refractivity contribution in [3.05, 3.63) is 58.6 Å². The number of hydrogen-bond donors (Lipinski definition) is 6. The lowest BCUT2D eigenvalue weighted by molar-refractivity contribution is -0.160. The number of hydrogen-bond acceptors (Lipinski definition) is 9. The van der Waals surface area contributed by atoms with Crippen LogP contribution in [0.3, 0.4) is 0 Å². The zero-order valence-corrected chi connectivity index (χ0v) is 19.8. The number of likely N-dealkylation sites (tertiary alicyclic amines) is 1. The number of carbonyl (C=O) groups excluding carboxylic acids is 2. The lowest BCUT2D eigenvalue weighted by Crippen LogP contribution is -2.66. The first kappa shape index (κ1) is 27.2. The van der Waals surface area contributed by atoms with Crippen LogP contribution in [0.1, 0.15) is 23.6 Å². The molecule has 14 heteroatoms. The number of aromatic hydroxyl groups is 1. The predicted molar refractivity (Wildman–Crippen MR) is 128 cm³/mol. The minimum atomic E-state index is -1.39. The molecule has 1 aliphatic heterocycles. The molecule has 0 bridgehead atoms. The van der Waals surface area contributed by atoms with E-state index < -0.39 is 47.6 Å². The Labute approximate surface area is 214 Å². The average molecular weight is 535 g/mol. The summed E-state index contributed by atoms with van der Waals surface area (Å²) >= 11 is 5.86. The van der Waals surface area contributed by atoms with Crippen LogP contribution in [0.15, 0.2) is 47.6 Å². The molecule has 1 saturated heterocycles. The number of phenols is 1. The summed E-state index contributed by atoms with van der Waals surface area (Å²) in [5.41, 5.74) is 5.37. The van der Waals surface area contributed by atoms with Crippen LogP contribution in [0.2, 0.25) is 5.02 Å². The first-order valence-electron chi connectivity index (χ1n) is 10.8. The molecule has 2 amide bonds. The number of amides is 2. The van der Waals surface area contributed by atoms with Crippen LogP contribution in [-0.2, 0) is 19.2 Å². The third-order valence-electron chi connectivity index (χ3n) is 5.56. The summed E-state index contributed by atoms with van der Waals surface area (Å²) in [7, 11) is 0. The number of ether oxygens (including phenoxy) is 1. The van der Waals surface area contributed by atoms with Crippen molar-refractivity contribution in [2.45, 2.75) is 24.5 Å². The molecule has 0 aromatic heterocycles. The maximum Gasteiger partial charge on any atom is 0.331 e. The van der Waals surface area contributed by atoms with Gasteiger partial charge < -0.3 is 41.2 Å². The van der Waals surface area contributed by atoms with E-state index >= 15 is 0 Å². The molecule has 3 rings (SSSR count). The first-order valence-corrected chi connectivity index (χ1v) is 11.2. The monoisotopic (exact) mass is 534 g/mol. The highest BCUT2D eigenvalue weighted by atomic mass is 35.5. The third-order valence-corrected chi connectivity index (χ3v) is 5.86. The fourth-order valence-corrected chi connectivity index (χ4v) is 3.73. The van der Waals surface area contributed by atoms with Gasteiger partial charge in [0, 0.05) is 12.0 Å². The van der Waals surface area contributed by atoms with Crippen molar-refractivity contribution in [1.29, 1.82) is 0 Å². The molecule has 0 aliphatic carbocycles. The van der Waals surface area contributed by atoms with E-state index in [1.54, 1.807) is 0 Å². The van der Waals surface area contributed by atoms with E-state index in [1.165, 1.54) is 42.5 Å². The Morgan fingerprint density at radius 2 is 1.84 bits per heavy atom. The van der Waals surface area contributed by atoms with Gasteiger partial charge in [0.05, 0.1) is 18.2 Å². The van der Waals surface area contributed by atoms with Gasteiger partial charge in [0.25, 0.3) is 5.91 Å². The minimum absolute atomic E-state index is 0.0439. The van der Waals surface area contributed by atoms with E-state index in [-0.39, 0.29) is 41.5 Å². The summed E-state index contributed by atoms with van der Waals surface area (Å²) in [6, 6.07) is 6.04. The fourth-order valence-electron chi connectivity index (χ4n) is 3.54. The Bertz CT molecular complexity index is 1240. The summed E-state index contributed by atoms with van der Waals surface area (Å²) < 4.78 is 5.40. The van der Waals surface area contributed by atoms with Gasteiger partial charge in [-0.25, -0.2) is 4.79 Å². The van der Waals surface area contributed by atoms with Crippen LogP contribution in [-0.4, -0.2) is 80.1 Å². The molecule has 0 spiro atoms. The molecule has 2 aromatic rings. The van der Waals surface area contributed by atoms with E-state index in [0.29, 0.717) is 5.75 Å². The van der Waals surface area contributed by atoms with Crippen molar-refractivity contribution in [3.63, 3.8) is 0 Å². The van der Waals surface area contributed by atoms with Crippen molar-refractivity contribution in [3.8, 4) is 11.5 Å². The third kappa shape index (κ3) is 6.26. The number of carbonyl (C=O) groups is 4. The number of aliphatic carboxylic acids is 2. The zero-order valence-electron chi connectivity index (χ0n) is 19.1. The van der Waals surface area contributed by atoms with Gasteiger partial charge in [-0.15, -0.1) is 0 Å². The first-order chi connectivity index (χ1) is 17.5. The molecule has 0 saturated carbocycles. The summed E-state index contributed by atoms with van der Waals surface area (Å²) in [5, 5.41) is 42.7. The molecule has 7 N–H and O–H groups in total. The van der Waals surface area contributed by atoms with E-state index in [4.69, 9.17) is 27.2 Å². The molecule has 3 atom stereocenters. The normalized spacial score (nSPS) is 16.9. The van der Waals surface area contributed by atoms with Gasteiger partial charge >= 0.3 is 11.9 Å². The Balaban J connectivity index is 1.60. The maximum atomic E-state index is 12.7. The SMILES string of the molecule is N[C@H](CCOc1ccc(/C(=N\O)C(=O)N[C@H]2CN(C(C(=O)O)c3ccc(O)c(Cl)c3)C2=O)cc1)C(=O)O. The summed E-state index contributed by atoms with van der Waals surface area (Å²) in [5.74, 6) is -3.91. The van der Waals surface area contributed by atoms with Crippen molar-refractivity contribution in [2.75, 3.05) is 13.2 Å². The number of rotatable bonds is 11. The molecule has 13 nitrogen and oxygen atoms in total. The Hall–Kier alpha value is -4.36. The second-order valence-corrected chi connectivity index (χ2v) is 8.43. The van der Waals surface area contributed by atoms with Gasteiger partial charge in [-0.2, -0.15) is 0 Å². The number of nitrogens with zero attached hydrogens (tertiary/aromatic N) is 2. The van der Waals surface area contributed by atoms with Crippen molar-refractivity contribution >= 4 is 41.1 Å². The Morgan fingerprint density at radius 1 is 1.16 bits per heavy atom. The van der Waals surface area contributed by atoms with Crippen LogP contribution in [0, 0.1) is 0 Å². The van der Waals surface area contributed by atoms with Crippen LogP contribution in [0.5, 0.6) is 11.5 Å². The summed E-state index contributed by atoms with van der Waals surface area (Å²) in [6.07, 6.45) is 0.0811. The highest BCUT2D eigenvalue weighted by Gasteiger charge is 2.45. The van der Waals surface area contributed by atoms with Gasteiger partial charge in [0.1, 0.15) is 23.6 Å². The van der Waals surface area contributed by atoms with Crippen molar-refractivity contribution in [2.24, 2.45) is 10.9 Å². The number of carboxylic acid groups (broad SMARTS) is 2. The lowest BCUT2D eigenvalue weighted by Gasteiger charge is -2.42. The van der Waals surface area contributed by atoms with Gasteiger partial charge in [-0.3, -0.25) is 14.4 Å². The van der Waals surface area contributed by atoms with Gasteiger partial charge in [0.2, 0.25) is 5.91 Å². The highest BCUT2D eigenvalue weighted by Crippen LogP contribution is 2.32. The number of β-lactam (4-membered cyclic amide) rings is 1. The lowest BCUT2D eigenvalue weighted by atomic mass is 9.97. The van der Waals surface area contributed by atoms with Gasteiger partial charge in [-0.1, -0.05) is 22.8 Å². The molecule has 2 aromatic carbocycles. The Kier molecular flexibility index (Phi) is 8.52. The Morgan fingerprint density at radius 3 is 2.38 bits per heavy atom. The molecule has 1 fully saturated rings. The molecule has 1 aliphatic rings. The quantitative estimate of drug-likeness (QED) is 0.102. The molecule has 0 radical (unpaired) electrons. The van der Waals surface area contributed by atoms with Crippen LogP contribution in [0.4, 0.5) is 0 Å². The van der Waals surface area contributed by atoms with Crippen LogP contribution in [0.25, 0.3) is 0 Å². The van der Waals surface area contributed by atoms with Crippen LogP contribution < -0.4 is 15.8 Å². The second kappa shape index (κ2) is 11.6. The van der Waals surface area contributed by atoms with E-state index in [0.717, 1.165) is 4.90 Å². The summed E-state index contributed by atoms with van der Waals surface area (Å²) in [4.78, 5) is 48.9. The number of nitrogens with two attached hydrogens (primary N) is 1. The van der Waals surface area contributed by atoms with Crippen LogP contribution >= 0.6 is 11.6 Å². The standard InChI is InChI=1S/C23H23ClN4O9/c24-14-9-12(3-6-17(14)29)19(23(34)35)28-10-16(21(28)31)26-20(30)18(27-36)11-1-4-13(5-2-11)37-8-7-15(25)22(32)33/h1-6,9,15-16,19,29,36H,7-8,10,25H2,(H,26,30)(H,32,33)(H,34,35)/b27-18+/t15-,16+,19?/m1/s1. The van der Waals surface area contributed by atoms with Gasteiger partial charge in [0.15, 0.2) is 11.8 Å². The van der Waals surface area contributed by atoms with E-state index in [9.17, 15) is 34.6 Å². The van der Waals surface area contributed by atoms with Crippen molar-refractivity contribution < 1.29 is 44.4 Å². The van der Waals surface area contributed by atoms with E-state index in [2.05, 4.69) is 10.5 Å². The molecule has 196 valence electrons. The summed E-state index contributed by atoms with van der Waals surface area (Å²) in [6.45, 7) is -0.0910.